The highest BCUT2D eigenvalue weighted by atomic mass is 79.9. The number of fused-ring (bicyclic) bond motifs is 2. The smallest absolute Gasteiger partial charge is 0.368 e. The Bertz CT molecular complexity index is 941. The Balaban J connectivity index is 1.77. The van der Waals surface area contributed by atoms with Crippen molar-refractivity contribution in [3.8, 4) is 0 Å². The Hall–Kier alpha value is -2.75. The third-order valence-corrected chi connectivity index (χ3v) is 5.61. The number of aliphatic imine (C=N–C) groups is 1. The van der Waals surface area contributed by atoms with E-state index in [1.807, 2.05) is 28.8 Å². The molecular formula is C18H20BrN6O3+. The summed E-state index contributed by atoms with van der Waals surface area (Å²) >= 11 is 3.44. The monoisotopic (exact) mass is 447 g/mol. The zero-order chi connectivity index (χ0) is 20.2. The molecule has 3 aliphatic rings. The number of primary amides is 1. The van der Waals surface area contributed by atoms with Gasteiger partial charge in [-0.25, -0.2) is 14.3 Å². The number of halogens is 1. The van der Waals surface area contributed by atoms with E-state index in [1.54, 1.807) is 7.05 Å². The summed E-state index contributed by atoms with van der Waals surface area (Å²) in [5.74, 6) is 0.0697. The molecule has 2 N–H and O–H groups in total. The molecule has 1 aromatic rings. The molecule has 0 aromatic heterocycles. The number of amidine groups is 1. The first-order valence-corrected chi connectivity index (χ1v) is 9.70. The fraction of sp³-hybridized carbons (Fsp3) is 0.389. The lowest BCUT2D eigenvalue weighted by Gasteiger charge is -2.34. The van der Waals surface area contributed by atoms with Crippen LogP contribution in [0, 0.1) is 5.92 Å². The van der Waals surface area contributed by atoms with Crippen LogP contribution in [0.15, 0.2) is 33.7 Å². The predicted octanol–water partition coefficient (Wildman–Crippen LogP) is 0.434. The molecule has 9 nitrogen and oxygen atoms in total. The van der Waals surface area contributed by atoms with Crippen molar-refractivity contribution in [1.82, 2.24) is 9.80 Å². The van der Waals surface area contributed by atoms with Gasteiger partial charge in [0.15, 0.2) is 0 Å². The number of guanidine groups is 1. The number of urea groups is 1. The molecular weight excluding hydrogens is 428 g/mol. The molecule has 4 amide bonds. The number of anilines is 1. The van der Waals surface area contributed by atoms with E-state index in [9.17, 15) is 14.4 Å². The first-order valence-electron chi connectivity index (χ1n) is 8.90. The summed E-state index contributed by atoms with van der Waals surface area (Å²) < 4.78 is 2.88. The Morgan fingerprint density at radius 1 is 1.32 bits per heavy atom. The number of nitrogens with two attached hydrogens (primary N) is 1. The molecule has 28 heavy (non-hydrogen) atoms. The van der Waals surface area contributed by atoms with Gasteiger partial charge in [0.1, 0.15) is 12.2 Å². The van der Waals surface area contributed by atoms with Gasteiger partial charge in [0.25, 0.3) is 5.91 Å². The fourth-order valence-corrected chi connectivity index (χ4v) is 4.10. The highest BCUT2D eigenvalue weighted by molar-refractivity contribution is 9.10. The molecule has 10 heteroatoms. The number of rotatable bonds is 3. The number of imide groups is 1. The number of benzene rings is 1. The number of amides is 4. The second-order valence-electron chi connectivity index (χ2n) is 7.25. The average molecular weight is 448 g/mol. The van der Waals surface area contributed by atoms with Crippen molar-refractivity contribution in [2.75, 3.05) is 31.6 Å². The van der Waals surface area contributed by atoms with E-state index in [-0.39, 0.29) is 5.92 Å². The molecule has 0 aliphatic carbocycles. The largest absolute Gasteiger partial charge is 0.397 e. The van der Waals surface area contributed by atoms with Crippen molar-refractivity contribution in [3.63, 3.8) is 0 Å². The van der Waals surface area contributed by atoms with E-state index in [2.05, 4.69) is 32.7 Å². The van der Waals surface area contributed by atoms with Crippen LogP contribution >= 0.6 is 15.9 Å². The molecule has 0 bridgehead atoms. The third-order valence-electron chi connectivity index (χ3n) is 5.09. The average Bonchev–Trinajstić information content (AvgIpc) is 3.03. The maximum absolute atomic E-state index is 13.1. The van der Waals surface area contributed by atoms with Crippen molar-refractivity contribution in [2.45, 2.75) is 13.0 Å². The standard InChI is InChI=1S/C18H19BrN6O3/c1-10-7-23(12-5-3-11(19)4-6-12)17-21-15-14(24(17)8-10)16(27)25(9-13(20)26)18(28)22(15)2/h3-6,10,14H,7-9H2,1-2H3,(H-,20,26)/p+1. The second kappa shape index (κ2) is 6.69. The predicted molar refractivity (Wildman–Crippen MR) is 106 cm³/mol. The van der Waals surface area contributed by atoms with Gasteiger partial charge in [-0.15, -0.1) is 0 Å². The van der Waals surface area contributed by atoms with E-state index in [0.717, 1.165) is 21.6 Å². The summed E-state index contributed by atoms with van der Waals surface area (Å²) in [7, 11) is 1.56. The van der Waals surface area contributed by atoms with Crippen molar-refractivity contribution in [3.05, 3.63) is 28.7 Å². The number of carbonyl (C=O) groups is 3. The SMILES string of the molecule is CC1CN(c2ccc(Br)cc2)C2=[N+](C1)C1C(=O)N(CC(N)=O)C(=O)N(C)C1=N2. The number of nitrogens with zero attached hydrogens (tertiary/aromatic N) is 5. The van der Waals surface area contributed by atoms with E-state index in [0.29, 0.717) is 18.3 Å². The topological polar surface area (TPSA) is 102 Å². The van der Waals surface area contributed by atoms with Crippen LogP contribution in [0.1, 0.15) is 6.92 Å². The zero-order valence-electron chi connectivity index (χ0n) is 15.5. The molecule has 2 atom stereocenters. The van der Waals surface area contributed by atoms with Gasteiger partial charge in [-0.3, -0.25) is 19.4 Å². The molecule has 3 heterocycles. The van der Waals surface area contributed by atoms with Gasteiger partial charge in [-0.1, -0.05) is 27.8 Å². The first-order chi connectivity index (χ1) is 13.3. The van der Waals surface area contributed by atoms with Crippen LogP contribution in [0.5, 0.6) is 0 Å². The first kappa shape index (κ1) is 18.6. The van der Waals surface area contributed by atoms with Crippen LogP contribution < -0.4 is 10.6 Å². The van der Waals surface area contributed by atoms with Crippen LogP contribution in [0.2, 0.25) is 0 Å². The summed E-state index contributed by atoms with van der Waals surface area (Å²) in [5, 5.41) is 0. The van der Waals surface area contributed by atoms with Crippen LogP contribution in [0.4, 0.5) is 10.5 Å². The molecule has 1 saturated heterocycles. The maximum Gasteiger partial charge on any atom is 0.397 e. The van der Waals surface area contributed by atoms with Gasteiger partial charge in [0.05, 0.1) is 13.1 Å². The van der Waals surface area contributed by atoms with Crippen molar-refractivity contribution < 1.29 is 19.0 Å². The van der Waals surface area contributed by atoms with Gasteiger partial charge in [0.2, 0.25) is 17.8 Å². The van der Waals surface area contributed by atoms with Crippen molar-refractivity contribution >= 4 is 51.3 Å². The minimum Gasteiger partial charge on any atom is -0.368 e. The molecule has 4 rings (SSSR count). The van der Waals surface area contributed by atoms with E-state index in [4.69, 9.17) is 5.73 Å². The second-order valence-corrected chi connectivity index (χ2v) is 8.17. The Labute approximate surface area is 170 Å². The zero-order valence-corrected chi connectivity index (χ0v) is 17.1. The fourth-order valence-electron chi connectivity index (χ4n) is 3.84. The van der Waals surface area contributed by atoms with Gasteiger partial charge in [-0.05, 0) is 24.3 Å². The summed E-state index contributed by atoms with van der Waals surface area (Å²) in [5.41, 5.74) is 6.18. The molecule has 1 fully saturated rings. The van der Waals surface area contributed by atoms with Crippen LogP contribution in [0.25, 0.3) is 0 Å². The van der Waals surface area contributed by atoms with Crippen LogP contribution in [-0.4, -0.2) is 76.7 Å². The third kappa shape index (κ3) is 2.88. The van der Waals surface area contributed by atoms with Crippen molar-refractivity contribution in [2.24, 2.45) is 16.6 Å². The minimum absolute atomic E-state index is 0.266. The number of carbonyl (C=O) groups excluding carboxylic acids is 3. The lowest BCUT2D eigenvalue weighted by molar-refractivity contribution is -0.545. The number of likely N-dealkylation sites (N-methyl/N-ethyl adjacent to an activating group) is 1. The van der Waals surface area contributed by atoms with Gasteiger partial charge < -0.3 is 5.73 Å². The van der Waals surface area contributed by atoms with Gasteiger partial charge in [-0.2, -0.15) is 0 Å². The molecule has 1 aromatic carbocycles. The van der Waals surface area contributed by atoms with Gasteiger partial charge in [0, 0.05) is 17.4 Å². The normalized spacial score (nSPS) is 24.4. The van der Waals surface area contributed by atoms with E-state index < -0.39 is 30.4 Å². The van der Waals surface area contributed by atoms with E-state index >= 15 is 0 Å². The Kier molecular flexibility index (Phi) is 4.45. The van der Waals surface area contributed by atoms with Crippen molar-refractivity contribution in [1.29, 1.82) is 0 Å². The number of hydrogen-bond donors (Lipinski definition) is 1. The minimum atomic E-state index is -0.738. The highest BCUT2D eigenvalue weighted by Gasteiger charge is 2.55. The molecule has 0 saturated carbocycles. The molecule has 2 unspecified atom stereocenters. The molecule has 146 valence electrons. The summed E-state index contributed by atoms with van der Waals surface area (Å²) in [6.45, 7) is 3.02. The molecule has 0 spiro atoms. The Morgan fingerprint density at radius 2 is 2.00 bits per heavy atom. The number of hydrogen-bond acceptors (Lipinski definition) is 5. The van der Waals surface area contributed by atoms with Gasteiger partial charge >= 0.3 is 12.0 Å². The lowest BCUT2D eigenvalue weighted by Crippen LogP contribution is -2.64. The quantitative estimate of drug-likeness (QED) is 0.678. The summed E-state index contributed by atoms with van der Waals surface area (Å²) in [6.07, 6.45) is 0. The van der Waals surface area contributed by atoms with Crippen LogP contribution in [0.3, 0.4) is 0 Å². The summed E-state index contributed by atoms with van der Waals surface area (Å²) in [6, 6.07) is 6.52. The Morgan fingerprint density at radius 3 is 2.64 bits per heavy atom. The summed E-state index contributed by atoms with van der Waals surface area (Å²) in [4.78, 5) is 45.9. The van der Waals surface area contributed by atoms with E-state index in [1.165, 1.54) is 4.90 Å². The molecule has 0 radical (unpaired) electrons. The van der Waals surface area contributed by atoms with Crippen LogP contribution in [-0.2, 0) is 9.59 Å². The highest BCUT2D eigenvalue weighted by Crippen LogP contribution is 2.28. The maximum atomic E-state index is 13.1. The lowest BCUT2D eigenvalue weighted by atomic mass is 10.1. The molecule has 3 aliphatic heterocycles.